The van der Waals surface area contributed by atoms with Crippen LogP contribution < -0.4 is 36.6 Å². The Balaban J connectivity index is 0.00000274. The van der Waals surface area contributed by atoms with Crippen LogP contribution in [0.5, 0.6) is 0 Å². The van der Waals surface area contributed by atoms with Crippen molar-refractivity contribution >= 4 is 51.2 Å². The smallest absolute Gasteiger partial charge is 0.271 e. The van der Waals surface area contributed by atoms with E-state index in [1.165, 1.54) is 16.9 Å². The number of hydrogen-bond donors (Lipinski definition) is 0. The number of halogens is 3. The Morgan fingerprint density at radius 2 is 1.88 bits per heavy atom. The van der Waals surface area contributed by atoms with E-state index in [-0.39, 0.29) is 22.9 Å². The lowest BCUT2D eigenvalue weighted by Crippen LogP contribution is -3.00. The molecule has 0 atom stereocenters. The van der Waals surface area contributed by atoms with Gasteiger partial charge < -0.3 is 17.3 Å². The van der Waals surface area contributed by atoms with E-state index in [1.54, 1.807) is 33.9 Å². The molecule has 0 bridgehead atoms. The van der Waals surface area contributed by atoms with Gasteiger partial charge in [0.15, 0.2) is 24.4 Å². The van der Waals surface area contributed by atoms with Crippen molar-refractivity contribution < 1.29 is 25.8 Å². The molecule has 4 aromatic rings. The molecular weight excluding hydrogens is 516 g/mol. The van der Waals surface area contributed by atoms with E-state index in [9.17, 15) is 13.6 Å². The molecule has 3 heterocycles. The van der Waals surface area contributed by atoms with Gasteiger partial charge in [0.2, 0.25) is 0 Å². The summed E-state index contributed by atoms with van der Waals surface area (Å²) in [5, 5.41) is 3.68. The van der Waals surface area contributed by atoms with Gasteiger partial charge in [-0.2, -0.15) is 4.57 Å². The minimum atomic E-state index is -0.886. The van der Waals surface area contributed by atoms with Gasteiger partial charge in [0.05, 0.1) is 22.0 Å². The lowest BCUT2D eigenvalue weighted by atomic mass is 10.2. The summed E-state index contributed by atoms with van der Waals surface area (Å²) in [6.07, 6.45) is 4.07. The first kappa shape index (κ1) is 24.7. The second-order valence-electron chi connectivity index (χ2n) is 7.49. The van der Waals surface area contributed by atoms with E-state index in [0.29, 0.717) is 21.8 Å². The minimum Gasteiger partial charge on any atom is -1.00 e. The van der Waals surface area contributed by atoms with Gasteiger partial charge in [-0.1, -0.05) is 53.4 Å². The second-order valence-corrected chi connectivity index (χ2v) is 10.4. The molecule has 0 unspecified atom stereocenters. The number of aromatic nitrogens is 2. The van der Waals surface area contributed by atoms with Crippen LogP contribution in [0.25, 0.3) is 11.1 Å². The zero-order chi connectivity index (χ0) is 23.1. The minimum absolute atomic E-state index is 0. The van der Waals surface area contributed by atoms with Gasteiger partial charge in [-0.05, 0) is 19.1 Å². The maximum absolute atomic E-state index is 14.4. The third-order valence-corrected chi connectivity index (χ3v) is 8.84. The molecule has 0 N–H and O–H groups in total. The summed E-state index contributed by atoms with van der Waals surface area (Å²) in [5.74, 6) is -1.76. The van der Waals surface area contributed by atoms with E-state index < -0.39 is 11.6 Å². The molecule has 2 aromatic carbocycles. The maximum atomic E-state index is 14.4. The SMILES string of the molecule is CCn1c(=O)/c(=C2\Sc3c(ccc(F)c3F)N2C)s/c1=C\c1scc[n+]1Cc1ccccc1.[Cl-]. The van der Waals surface area contributed by atoms with Crippen LogP contribution in [-0.2, 0) is 13.1 Å². The molecule has 2 aromatic heterocycles. The summed E-state index contributed by atoms with van der Waals surface area (Å²) in [4.78, 5) is 15.3. The highest BCUT2D eigenvalue weighted by molar-refractivity contribution is 8.08. The number of anilines is 1. The molecule has 0 saturated carbocycles. The Morgan fingerprint density at radius 3 is 2.62 bits per heavy atom. The summed E-state index contributed by atoms with van der Waals surface area (Å²) < 4.78 is 33.4. The van der Waals surface area contributed by atoms with Crippen molar-refractivity contribution in [2.45, 2.75) is 24.9 Å². The molecule has 34 heavy (non-hydrogen) atoms. The van der Waals surface area contributed by atoms with E-state index in [2.05, 4.69) is 16.7 Å². The van der Waals surface area contributed by atoms with Crippen LogP contribution in [0.4, 0.5) is 14.5 Å². The van der Waals surface area contributed by atoms with Gasteiger partial charge in [-0.15, -0.1) is 11.3 Å². The Morgan fingerprint density at radius 1 is 1.12 bits per heavy atom. The van der Waals surface area contributed by atoms with Crippen molar-refractivity contribution in [2.24, 2.45) is 0 Å². The Bertz CT molecular complexity index is 1530. The van der Waals surface area contributed by atoms with Crippen LogP contribution in [0.2, 0.25) is 0 Å². The molecule has 10 heteroatoms. The number of fused-ring (bicyclic) bond motifs is 1. The van der Waals surface area contributed by atoms with Gasteiger partial charge in [0.1, 0.15) is 14.2 Å². The average molecular weight is 536 g/mol. The molecule has 4 nitrogen and oxygen atoms in total. The monoisotopic (exact) mass is 535 g/mol. The molecule has 5 rings (SSSR count). The first-order valence-electron chi connectivity index (χ1n) is 10.3. The lowest BCUT2D eigenvalue weighted by molar-refractivity contribution is -0.685. The zero-order valence-corrected chi connectivity index (χ0v) is 21.5. The van der Waals surface area contributed by atoms with Crippen molar-refractivity contribution in [3.63, 3.8) is 0 Å². The van der Waals surface area contributed by atoms with Crippen molar-refractivity contribution in [1.29, 1.82) is 0 Å². The lowest BCUT2D eigenvalue weighted by Gasteiger charge is -2.12. The van der Waals surface area contributed by atoms with Crippen LogP contribution in [0, 0.1) is 11.6 Å². The van der Waals surface area contributed by atoms with Crippen molar-refractivity contribution in [3.8, 4) is 0 Å². The highest BCUT2D eigenvalue weighted by atomic mass is 35.5. The summed E-state index contributed by atoms with van der Waals surface area (Å²) >= 11 is 4.09. The summed E-state index contributed by atoms with van der Waals surface area (Å²) in [6.45, 7) is 3.19. The number of benzene rings is 2. The third kappa shape index (κ3) is 4.33. The molecule has 1 aliphatic rings. The Hall–Kier alpha value is -2.46. The average Bonchev–Trinajstić information content (AvgIpc) is 3.48. The number of rotatable bonds is 4. The first-order valence-corrected chi connectivity index (χ1v) is 12.8. The van der Waals surface area contributed by atoms with Crippen LogP contribution in [0.3, 0.4) is 0 Å². The quantitative estimate of drug-likeness (QED) is 0.361. The van der Waals surface area contributed by atoms with Crippen molar-refractivity contribution in [2.75, 3.05) is 11.9 Å². The Labute approximate surface area is 213 Å². The maximum Gasteiger partial charge on any atom is 0.271 e. The van der Waals surface area contributed by atoms with Crippen molar-refractivity contribution in [1.82, 2.24) is 4.57 Å². The molecule has 1 aliphatic heterocycles. The fraction of sp³-hybridized carbons (Fsp3) is 0.167. The van der Waals surface area contributed by atoms with Crippen LogP contribution in [0.15, 0.2) is 63.7 Å². The molecule has 0 amide bonds. The molecule has 176 valence electrons. The molecule has 0 radical (unpaired) electrons. The Kier molecular flexibility index (Phi) is 7.28. The first-order chi connectivity index (χ1) is 16.0. The van der Waals surface area contributed by atoms with Gasteiger partial charge in [-0.25, -0.2) is 8.78 Å². The molecule has 0 saturated heterocycles. The number of hydrogen-bond acceptors (Lipinski definition) is 5. The predicted octanol–water partition coefficient (Wildman–Crippen LogP) is 0.746. The van der Waals surface area contributed by atoms with Crippen molar-refractivity contribution in [3.05, 3.63) is 95.8 Å². The van der Waals surface area contributed by atoms with E-state index in [4.69, 9.17) is 0 Å². The predicted molar refractivity (Wildman–Crippen MR) is 131 cm³/mol. The standard InChI is InChI=1S/C24H20F2N3OS3.ClH/c1-3-29-19(13-18-28(11-12-31-18)14-15-7-5-4-6-8-15)32-22(23(29)30)24-27(2)17-10-9-16(25)20(26)21(17)33-24;/h4-13H,3,14H2,1-2H3;1H/q+1;/p-1/b24-22+;. The fourth-order valence-corrected chi connectivity index (χ4v) is 7.11. The van der Waals surface area contributed by atoms with Gasteiger partial charge >= 0.3 is 0 Å². The van der Waals surface area contributed by atoms with E-state index in [0.717, 1.165) is 34.0 Å². The van der Waals surface area contributed by atoms with E-state index >= 15 is 0 Å². The van der Waals surface area contributed by atoms with Gasteiger partial charge in [0, 0.05) is 19.2 Å². The van der Waals surface area contributed by atoms with Crippen LogP contribution in [-0.4, -0.2) is 11.6 Å². The van der Waals surface area contributed by atoms with Gasteiger partial charge in [0.25, 0.3) is 10.6 Å². The number of nitrogens with zero attached hydrogens (tertiary/aromatic N) is 3. The molecular formula is C24H20ClF2N3OS3. The van der Waals surface area contributed by atoms with E-state index in [1.807, 2.05) is 42.8 Å². The largest absolute Gasteiger partial charge is 1.00 e. The van der Waals surface area contributed by atoms with Crippen LogP contribution >= 0.6 is 34.4 Å². The number of thiazole rings is 2. The molecule has 0 fully saturated rings. The third-order valence-electron chi connectivity index (χ3n) is 5.47. The highest BCUT2D eigenvalue weighted by Crippen LogP contribution is 2.47. The van der Waals surface area contributed by atoms with Crippen LogP contribution in [0.1, 0.15) is 17.5 Å². The summed E-state index contributed by atoms with van der Waals surface area (Å²) in [5.41, 5.74) is 1.64. The second kappa shape index (κ2) is 10.0. The van der Waals surface area contributed by atoms with Gasteiger partial charge in [-0.3, -0.25) is 9.36 Å². The molecule has 0 aliphatic carbocycles. The topological polar surface area (TPSA) is 29.1 Å². The number of thioether (sulfide) groups is 1. The zero-order valence-electron chi connectivity index (χ0n) is 18.3. The normalized spacial score (nSPS) is 14.9. The summed E-state index contributed by atoms with van der Waals surface area (Å²) in [7, 11) is 1.78. The molecule has 0 spiro atoms. The fourth-order valence-electron chi connectivity index (χ4n) is 3.77. The highest BCUT2D eigenvalue weighted by Gasteiger charge is 2.29. The summed E-state index contributed by atoms with van der Waals surface area (Å²) in [6, 6.07) is 12.9.